The van der Waals surface area contributed by atoms with Gasteiger partial charge in [-0.1, -0.05) is 30.3 Å². The highest BCUT2D eigenvalue weighted by atomic mass is 32.1. The molecule has 0 unspecified atom stereocenters. The van der Waals surface area contributed by atoms with Gasteiger partial charge in [-0.25, -0.2) is 9.67 Å². The van der Waals surface area contributed by atoms with Crippen LogP contribution in [0, 0.1) is 0 Å². The van der Waals surface area contributed by atoms with Gasteiger partial charge in [-0.05, 0) is 24.3 Å². The number of amides is 1. The van der Waals surface area contributed by atoms with Crippen LogP contribution in [0.5, 0.6) is 5.75 Å². The summed E-state index contributed by atoms with van der Waals surface area (Å²) in [6, 6.07) is 17.5. The van der Waals surface area contributed by atoms with Crippen LogP contribution < -0.4 is 10.1 Å². The van der Waals surface area contributed by atoms with E-state index < -0.39 is 0 Å². The number of carbonyl (C=O) groups excluding carboxylic acids is 1. The Bertz CT molecular complexity index is 1020. The number of rotatable bonds is 5. The number of hydrogen-bond donors (Lipinski definition) is 1. The van der Waals surface area contributed by atoms with Crippen LogP contribution >= 0.6 is 11.3 Å². The van der Waals surface area contributed by atoms with E-state index in [4.69, 9.17) is 4.74 Å². The smallest absolute Gasteiger partial charge is 0.276 e. The van der Waals surface area contributed by atoms with Gasteiger partial charge in [-0.3, -0.25) is 4.79 Å². The number of hydrogen-bond acceptors (Lipinski definition) is 5. The van der Waals surface area contributed by atoms with Crippen LogP contribution in [-0.4, -0.2) is 27.8 Å². The van der Waals surface area contributed by atoms with Crippen molar-refractivity contribution in [1.29, 1.82) is 0 Å². The number of nitrogens with zero attached hydrogens (tertiary/aromatic N) is 3. The summed E-state index contributed by atoms with van der Waals surface area (Å²) in [4.78, 5) is 17.1. The largest absolute Gasteiger partial charge is 0.493 e. The number of methoxy groups -OCH3 is 1. The monoisotopic (exact) mass is 364 g/mol. The van der Waals surface area contributed by atoms with E-state index in [-0.39, 0.29) is 11.6 Å². The van der Waals surface area contributed by atoms with Crippen LogP contribution in [0.2, 0.25) is 0 Å². The summed E-state index contributed by atoms with van der Waals surface area (Å²) in [6.45, 7) is 0.347. The first kappa shape index (κ1) is 16.3. The average molecular weight is 364 g/mol. The Morgan fingerprint density at radius 1 is 1.15 bits per heavy atom. The first-order chi connectivity index (χ1) is 12.7. The fourth-order valence-electron chi connectivity index (χ4n) is 2.61. The van der Waals surface area contributed by atoms with E-state index >= 15 is 0 Å². The van der Waals surface area contributed by atoms with Crippen molar-refractivity contribution in [3.05, 3.63) is 71.5 Å². The van der Waals surface area contributed by atoms with Crippen molar-refractivity contribution in [2.75, 3.05) is 7.11 Å². The highest BCUT2D eigenvalue weighted by Gasteiger charge is 2.18. The van der Waals surface area contributed by atoms with Crippen LogP contribution in [0.15, 0.2) is 60.8 Å². The number of benzene rings is 2. The average Bonchev–Trinajstić information content (AvgIpc) is 3.30. The van der Waals surface area contributed by atoms with Crippen LogP contribution in [-0.2, 0) is 6.54 Å². The zero-order chi connectivity index (χ0) is 17.9. The molecule has 4 aromatic rings. The number of aromatic nitrogens is 3. The molecule has 0 aliphatic rings. The van der Waals surface area contributed by atoms with Gasteiger partial charge >= 0.3 is 0 Å². The standard InChI is InChI=1S/C19H16N4O2S/c1-25-15-12-23(13-7-3-2-4-8-13)22-18(15)19(24)20-11-17-21-14-9-5-6-10-16(14)26-17/h2-10,12H,11H2,1H3,(H,20,24). The molecule has 0 fully saturated rings. The van der Waals surface area contributed by atoms with Gasteiger partial charge in [0.05, 0.1) is 35.8 Å². The Kier molecular flexibility index (Phi) is 4.37. The molecular formula is C19H16N4O2S. The summed E-state index contributed by atoms with van der Waals surface area (Å²) in [7, 11) is 1.52. The number of carbonyl (C=O) groups is 1. The number of para-hydroxylation sites is 2. The first-order valence-electron chi connectivity index (χ1n) is 8.06. The second kappa shape index (κ2) is 6.97. The van der Waals surface area contributed by atoms with Crippen molar-refractivity contribution < 1.29 is 9.53 Å². The zero-order valence-electron chi connectivity index (χ0n) is 14.0. The molecule has 1 amide bonds. The predicted octanol–water partition coefficient (Wildman–Crippen LogP) is 3.42. The van der Waals surface area contributed by atoms with E-state index in [1.165, 1.54) is 7.11 Å². The minimum atomic E-state index is -0.296. The molecule has 26 heavy (non-hydrogen) atoms. The molecule has 2 aromatic heterocycles. The van der Waals surface area contributed by atoms with E-state index in [9.17, 15) is 4.79 Å². The van der Waals surface area contributed by atoms with Gasteiger partial charge in [-0.2, -0.15) is 5.10 Å². The van der Waals surface area contributed by atoms with Crippen LogP contribution in [0.25, 0.3) is 15.9 Å². The molecule has 6 nitrogen and oxygen atoms in total. The summed E-state index contributed by atoms with van der Waals surface area (Å²) in [6.07, 6.45) is 1.70. The Hall–Kier alpha value is -3.19. The second-order valence-corrected chi connectivity index (χ2v) is 6.70. The first-order valence-corrected chi connectivity index (χ1v) is 8.88. The van der Waals surface area contributed by atoms with E-state index in [2.05, 4.69) is 15.4 Å². The fraction of sp³-hybridized carbons (Fsp3) is 0.105. The maximum atomic E-state index is 12.6. The molecule has 7 heteroatoms. The third kappa shape index (κ3) is 3.16. The van der Waals surface area contributed by atoms with E-state index in [0.29, 0.717) is 12.3 Å². The van der Waals surface area contributed by atoms with Gasteiger partial charge in [-0.15, -0.1) is 11.3 Å². The molecule has 1 N–H and O–H groups in total. The lowest BCUT2D eigenvalue weighted by Crippen LogP contribution is -2.23. The molecule has 2 heterocycles. The molecule has 0 aliphatic heterocycles. The molecule has 4 rings (SSSR count). The summed E-state index contributed by atoms with van der Waals surface area (Å²) >= 11 is 1.56. The summed E-state index contributed by atoms with van der Waals surface area (Å²) in [5.41, 5.74) is 2.04. The fourth-order valence-corrected chi connectivity index (χ4v) is 3.52. The van der Waals surface area contributed by atoms with Gasteiger partial charge < -0.3 is 10.1 Å². The lowest BCUT2D eigenvalue weighted by Gasteiger charge is -2.02. The highest BCUT2D eigenvalue weighted by molar-refractivity contribution is 7.18. The van der Waals surface area contributed by atoms with E-state index in [1.807, 2.05) is 54.6 Å². The number of ether oxygens (including phenoxy) is 1. The van der Waals surface area contributed by atoms with Gasteiger partial charge in [0.25, 0.3) is 5.91 Å². The quantitative estimate of drug-likeness (QED) is 0.589. The summed E-state index contributed by atoms with van der Waals surface area (Å²) in [5.74, 6) is 0.131. The van der Waals surface area contributed by atoms with Crippen molar-refractivity contribution in [3.8, 4) is 11.4 Å². The minimum Gasteiger partial charge on any atom is -0.493 e. The maximum Gasteiger partial charge on any atom is 0.276 e. The third-order valence-corrected chi connectivity index (χ3v) is 4.91. The van der Waals surface area contributed by atoms with E-state index in [1.54, 1.807) is 22.2 Å². The molecule has 0 bridgehead atoms. The molecule has 130 valence electrons. The number of thiazole rings is 1. The van der Waals surface area contributed by atoms with Gasteiger partial charge in [0.2, 0.25) is 0 Å². The zero-order valence-corrected chi connectivity index (χ0v) is 14.9. The Balaban J connectivity index is 1.53. The lowest BCUT2D eigenvalue weighted by molar-refractivity contribution is 0.0942. The molecular weight excluding hydrogens is 348 g/mol. The second-order valence-electron chi connectivity index (χ2n) is 5.58. The Morgan fingerprint density at radius 3 is 2.69 bits per heavy atom. The number of fused-ring (bicyclic) bond motifs is 1. The van der Waals surface area contributed by atoms with Crippen LogP contribution in [0.3, 0.4) is 0 Å². The molecule has 0 atom stereocenters. The van der Waals surface area contributed by atoms with Crippen molar-refractivity contribution in [3.63, 3.8) is 0 Å². The molecule has 2 aromatic carbocycles. The van der Waals surface area contributed by atoms with E-state index in [0.717, 1.165) is 20.9 Å². The Labute approximate surface area is 154 Å². The van der Waals surface area contributed by atoms with Gasteiger partial charge in [0.15, 0.2) is 11.4 Å². The third-order valence-electron chi connectivity index (χ3n) is 3.87. The highest BCUT2D eigenvalue weighted by Crippen LogP contribution is 2.22. The van der Waals surface area contributed by atoms with Crippen LogP contribution in [0.1, 0.15) is 15.5 Å². The predicted molar refractivity (Wildman–Crippen MR) is 101 cm³/mol. The molecule has 0 spiro atoms. The van der Waals surface area contributed by atoms with Crippen molar-refractivity contribution in [1.82, 2.24) is 20.1 Å². The summed E-state index contributed by atoms with van der Waals surface area (Å²) in [5, 5.41) is 8.09. The van der Waals surface area contributed by atoms with Crippen LogP contribution in [0.4, 0.5) is 0 Å². The topological polar surface area (TPSA) is 69.0 Å². The maximum absolute atomic E-state index is 12.6. The van der Waals surface area contributed by atoms with Crippen molar-refractivity contribution in [2.45, 2.75) is 6.54 Å². The lowest BCUT2D eigenvalue weighted by atomic mass is 10.3. The van der Waals surface area contributed by atoms with Gasteiger partial charge in [0.1, 0.15) is 5.01 Å². The normalized spacial score (nSPS) is 10.8. The minimum absolute atomic E-state index is 0.248. The van der Waals surface area contributed by atoms with Crippen molar-refractivity contribution >= 4 is 27.5 Å². The van der Waals surface area contributed by atoms with Crippen molar-refractivity contribution in [2.24, 2.45) is 0 Å². The SMILES string of the molecule is COc1cn(-c2ccccc2)nc1C(=O)NCc1nc2ccccc2s1. The molecule has 0 saturated heterocycles. The van der Waals surface area contributed by atoms with Gasteiger partial charge in [0, 0.05) is 0 Å². The molecule has 0 saturated carbocycles. The summed E-state index contributed by atoms with van der Waals surface area (Å²) < 4.78 is 8.04. The molecule has 0 aliphatic carbocycles. The Morgan fingerprint density at radius 2 is 1.92 bits per heavy atom. The molecule has 0 radical (unpaired) electrons. The number of nitrogens with one attached hydrogen (secondary N) is 1.